The number of likely N-dealkylation sites (tertiary alicyclic amines) is 1. The third-order valence-corrected chi connectivity index (χ3v) is 8.15. The van der Waals surface area contributed by atoms with Crippen molar-refractivity contribution >= 4 is 27.3 Å². The molecule has 1 aromatic rings. The average Bonchev–Trinajstić information content (AvgIpc) is 3.34. The zero-order chi connectivity index (χ0) is 18.6. The summed E-state index contributed by atoms with van der Waals surface area (Å²) in [4.78, 5) is 15.1. The van der Waals surface area contributed by atoms with Crippen LogP contribution in [0.15, 0.2) is 16.3 Å². The number of aliphatic hydroxyl groups is 1. The highest BCUT2D eigenvalue weighted by Crippen LogP contribution is 2.27. The first kappa shape index (κ1) is 19.8. The number of thiophene rings is 1. The van der Waals surface area contributed by atoms with E-state index in [1.54, 1.807) is 5.38 Å². The minimum atomic E-state index is -3.59. The van der Waals surface area contributed by atoms with Gasteiger partial charge in [-0.1, -0.05) is 6.42 Å². The van der Waals surface area contributed by atoms with E-state index < -0.39 is 10.0 Å². The Balaban J connectivity index is 1.60. The van der Waals surface area contributed by atoms with Gasteiger partial charge in [0, 0.05) is 32.2 Å². The molecule has 1 amide bonds. The Morgan fingerprint density at radius 2 is 1.96 bits per heavy atom. The second-order valence-electron chi connectivity index (χ2n) is 6.85. The molecular formula is C17H27N3O4S2. The molecule has 146 valence electrons. The molecule has 26 heavy (non-hydrogen) atoms. The third-order valence-electron chi connectivity index (χ3n) is 5.16. The van der Waals surface area contributed by atoms with Gasteiger partial charge in [0.15, 0.2) is 0 Å². The molecular weight excluding hydrogens is 374 g/mol. The summed E-state index contributed by atoms with van der Waals surface area (Å²) >= 11 is 1.16. The van der Waals surface area contributed by atoms with Crippen LogP contribution in [0, 0.1) is 0 Å². The standard InChI is InChI=1S/C17H27N3O4S2/c21-13-14-5-1-2-8-19(14)11-7-18-17(22)16-15(6-12-25-16)26(23,24)20-9-3-4-10-20/h6,12,14,21H,1-5,7-11,13H2,(H,18,22). The van der Waals surface area contributed by atoms with Gasteiger partial charge in [-0.05, 0) is 43.7 Å². The summed E-state index contributed by atoms with van der Waals surface area (Å²) in [6, 6.07) is 1.69. The smallest absolute Gasteiger partial charge is 0.262 e. The summed E-state index contributed by atoms with van der Waals surface area (Å²) in [7, 11) is -3.59. The van der Waals surface area contributed by atoms with E-state index in [9.17, 15) is 18.3 Å². The van der Waals surface area contributed by atoms with Crippen LogP contribution in [0.2, 0.25) is 0 Å². The van der Waals surface area contributed by atoms with Crippen LogP contribution in [0.25, 0.3) is 0 Å². The Bertz CT molecular complexity index is 713. The number of amides is 1. The van der Waals surface area contributed by atoms with E-state index in [0.29, 0.717) is 26.2 Å². The predicted octanol–water partition coefficient (Wildman–Crippen LogP) is 1.11. The zero-order valence-corrected chi connectivity index (χ0v) is 16.5. The van der Waals surface area contributed by atoms with Crippen molar-refractivity contribution in [2.75, 3.05) is 39.3 Å². The molecule has 0 saturated carbocycles. The topological polar surface area (TPSA) is 90.0 Å². The van der Waals surface area contributed by atoms with E-state index in [-0.39, 0.29) is 28.3 Å². The molecule has 2 fully saturated rings. The van der Waals surface area contributed by atoms with Crippen molar-refractivity contribution in [2.24, 2.45) is 0 Å². The van der Waals surface area contributed by atoms with Gasteiger partial charge in [-0.3, -0.25) is 9.69 Å². The van der Waals surface area contributed by atoms with Crippen molar-refractivity contribution in [2.45, 2.75) is 43.0 Å². The number of nitrogens with zero attached hydrogens (tertiary/aromatic N) is 2. The van der Waals surface area contributed by atoms with Crippen LogP contribution >= 0.6 is 11.3 Å². The summed E-state index contributed by atoms with van der Waals surface area (Å²) in [5.41, 5.74) is 0. The van der Waals surface area contributed by atoms with Gasteiger partial charge in [-0.15, -0.1) is 11.3 Å². The van der Waals surface area contributed by atoms with E-state index in [0.717, 1.165) is 50.0 Å². The monoisotopic (exact) mass is 401 g/mol. The van der Waals surface area contributed by atoms with Crippen molar-refractivity contribution in [3.63, 3.8) is 0 Å². The maximum atomic E-state index is 12.7. The van der Waals surface area contributed by atoms with Crippen LogP contribution in [-0.2, 0) is 10.0 Å². The highest BCUT2D eigenvalue weighted by Gasteiger charge is 2.31. The maximum Gasteiger partial charge on any atom is 0.262 e. The van der Waals surface area contributed by atoms with Crippen LogP contribution in [0.3, 0.4) is 0 Å². The number of hydrogen-bond acceptors (Lipinski definition) is 6. The molecule has 2 aliphatic rings. The van der Waals surface area contributed by atoms with E-state index in [4.69, 9.17) is 0 Å². The lowest BCUT2D eigenvalue weighted by atomic mass is 10.0. The Hall–Kier alpha value is -1.00. The number of carbonyl (C=O) groups excluding carboxylic acids is 1. The van der Waals surface area contributed by atoms with Gasteiger partial charge in [0.1, 0.15) is 9.77 Å². The minimum Gasteiger partial charge on any atom is -0.395 e. The van der Waals surface area contributed by atoms with Crippen LogP contribution in [0.4, 0.5) is 0 Å². The highest BCUT2D eigenvalue weighted by atomic mass is 32.2. The lowest BCUT2D eigenvalue weighted by Gasteiger charge is -2.34. The number of hydrogen-bond donors (Lipinski definition) is 2. The summed E-state index contributed by atoms with van der Waals surface area (Å²) in [6.07, 6.45) is 4.95. The van der Waals surface area contributed by atoms with Crippen molar-refractivity contribution in [1.82, 2.24) is 14.5 Å². The molecule has 3 heterocycles. The normalized spacial score (nSPS) is 22.6. The molecule has 0 spiro atoms. The van der Waals surface area contributed by atoms with Crippen molar-refractivity contribution in [3.8, 4) is 0 Å². The molecule has 2 N–H and O–H groups in total. The van der Waals surface area contributed by atoms with Gasteiger partial charge in [0.05, 0.1) is 6.61 Å². The maximum absolute atomic E-state index is 12.7. The van der Waals surface area contributed by atoms with Gasteiger partial charge in [0.2, 0.25) is 10.0 Å². The molecule has 0 radical (unpaired) electrons. The van der Waals surface area contributed by atoms with Gasteiger partial charge in [-0.25, -0.2) is 8.42 Å². The first-order valence-electron chi connectivity index (χ1n) is 9.25. The molecule has 0 aromatic carbocycles. The van der Waals surface area contributed by atoms with Gasteiger partial charge < -0.3 is 10.4 Å². The number of aliphatic hydroxyl groups excluding tert-OH is 1. The molecule has 7 nitrogen and oxygen atoms in total. The number of piperidine rings is 1. The molecule has 3 rings (SSSR count). The number of nitrogens with one attached hydrogen (secondary N) is 1. The van der Waals surface area contributed by atoms with Gasteiger partial charge in [0.25, 0.3) is 5.91 Å². The Kier molecular flexibility index (Phi) is 6.68. The molecule has 1 unspecified atom stereocenters. The molecule has 1 aromatic heterocycles. The lowest BCUT2D eigenvalue weighted by molar-refractivity contribution is 0.0849. The summed E-state index contributed by atoms with van der Waals surface area (Å²) in [6.45, 7) is 3.21. The zero-order valence-electron chi connectivity index (χ0n) is 14.9. The second kappa shape index (κ2) is 8.79. The molecule has 0 aliphatic carbocycles. The van der Waals surface area contributed by atoms with Crippen LogP contribution in [0.1, 0.15) is 41.8 Å². The lowest BCUT2D eigenvalue weighted by Crippen LogP contribution is -2.45. The van der Waals surface area contributed by atoms with E-state index in [1.165, 1.54) is 10.4 Å². The van der Waals surface area contributed by atoms with E-state index >= 15 is 0 Å². The molecule has 2 saturated heterocycles. The number of rotatable bonds is 7. The van der Waals surface area contributed by atoms with Crippen LogP contribution in [-0.4, -0.2) is 74.0 Å². The predicted molar refractivity (Wildman–Crippen MR) is 101 cm³/mol. The largest absolute Gasteiger partial charge is 0.395 e. The van der Waals surface area contributed by atoms with Crippen molar-refractivity contribution < 1.29 is 18.3 Å². The Labute approximate surface area is 159 Å². The fourth-order valence-corrected chi connectivity index (χ4v) is 6.52. The fraction of sp³-hybridized carbons (Fsp3) is 0.706. The fourth-order valence-electron chi connectivity index (χ4n) is 3.69. The molecule has 0 bridgehead atoms. The number of sulfonamides is 1. The molecule has 9 heteroatoms. The second-order valence-corrected chi connectivity index (χ2v) is 9.67. The quantitative estimate of drug-likeness (QED) is 0.714. The minimum absolute atomic E-state index is 0.119. The van der Waals surface area contributed by atoms with Crippen molar-refractivity contribution in [1.29, 1.82) is 0 Å². The summed E-state index contributed by atoms with van der Waals surface area (Å²) in [5.74, 6) is -0.338. The molecule has 1 atom stereocenters. The summed E-state index contributed by atoms with van der Waals surface area (Å²) in [5, 5.41) is 14.0. The van der Waals surface area contributed by atoms with E-state index in [2.05, 4.69) is 10.2 Å². The first-order chi connectivity index (χ1) is 12.5. The van der Waals surface area contributed by atoms with Gasteiger partial charge >= 0.3 is 0 Å². The van der Waals surface area contributed by atoms with Gasteiger partial charge in [-0.2, -0.15) is 4.31 Å². The molecule has 2 aliphatic heterocycles. The number of carbonyl (C=O) groups is 1. The van der Waals surface area contributed by atoms with Crippen LogP contribution in [0.5, 0.6) is 0 Å². The first-order valence-corrected chi connectivity index (χ1v) is 11.6. The Morgan fingerprint density at radius 3 is 2.69 bits per heavy atom. The third kappa shape index (κ3) is 4.28. The van der Waals surface area contributed by atoms with Crippen molar-refractivity contribution in [3.05, 3.63) is 16.3 Å². The van der Waals surface area contributed by atoms with Crippen LogP contribution < -0.4 is 5.32 Å². The summed E-state index contributed by atoms with van der Waals surface area (Å²) < 4.78 is 26.9. The Morgan fingerprint density at radius 1 is 1.23 bits per heavy atom. The highest BCUT2D eigenvalue weighted by molar-refractivity contribution is 7.89. The van der Waals surface area contributed by atoms with E-state index in [1.807, 2.05) is 0 Å². The SMILES string of the molecule is O=C(NCCN1CCCCC1CO)c1sccc1S(=O)(=O)N1CCCC1. The average molecular weight is 402 g/mol.